The number of aromatic nitrogens is 1. The van der Waals surface area contributed by atoms with Crippen LogP contribution in [0.1, 0.15) is 5.56 Å². The van der Waals surface area contributed by atoms with Gasteiger partial charge >= 0.3 is 0 Å². The fourth-order valence-corrected chi connectivity index (χ4v) is 4.43. The van der Waals surface area contributed by atoms with Crippen molar-refractivity contribution in [3.05, 3.63) is 72.6 Å². The lowest BCUT2D eigenvalue weighted by Crippen LogP contribution is -2.43. The van der Waals surface area contributed by atoms with E-state index >= 15 is 0 Å². The topological polar surface area (TPSA) is 71.5 Å². The lowest BCUT2D eigenvalue weighted by Gasteiger charge is -2.23. The molecule has 4 heterocycles. The molecule has 2 amide bonds. The van der Waals surface area contributed by atoms with E-state index in [4.69, 9.17) is 4.74 Å². The van der Waals surface area contributed by atoms with E-state index in [1.165, 1.54) is 0 Å². The third-order valence-corrected chi connectivity index (χ3v) is 5.69. The van der Waals surface area contributed by atoms with Gasteiger partial charge in [-0.15, -0.1) is 0 Å². The number of fused-ring (bicyclic) bond motifs is 1. The Labute approximate surface area is 156 Å². The van der Waals surface area contributed by atoms with Gasteiger partial charge in [0.25, 0.3) is 0 Å². The number of hydrogen-bond donors (Lipinski definition) is 1. The molecule has 27 heavy (non-hydrogen) atoms. The molecule has 3 aliphatic rings. The number of nitrogens with zero attached hydrogens (tertiary/aromatic N) is 2. The third-order valence-electron chi connectivity index (χ3n) is 5.69. The van der Waals surface area contributed by atoms with Gasteiger partial charge in [0.15, 0.2) is 0 Å². The van der Waals surface area contributed by atoms with Crippen LogP contribution in [0.5, 0.6) is 0 Å². The van der Waals surface area contributed by atoms with Crippen LogP contribution < -0.4 is 10.2 Å². The van der Waals surface area contributed by atoms with Crippen molar-refractivity contribution in [3.8, 4) is 0 Å². The Kier molecular flexibility index (Phi) is 3.62. The second-order valence-corrected chi connectivity index (χ2v) is 7.23. The molecule has 2 saturated heterocycles. The first-order chi connectivity index (χ1) is 13.2. The highest BCUT2D eigenvalue weighted by atomic mass is 16.5. The zero-order valence-electron chi connectivity index (χ0n) is 14.6. The predicted octanol–water partition coefficient (Wildman–Crippen LogP) is 1.68. The quantitative estimate of drug-likeness (QED) is 0.841. The van der Waals surface area contributed by atoms with E-state index in [1.807, 2.05) is 54.6 Å². The molecule has 5 rings (SSSR count). The zero-order chi connectivity index (χ0) is 18.4. The molecule has 1 aromatic heterocycles. The summed E-state index contributed by atoms with van der Waals surface area (Å²) >= 11 is 0. The molecular weight excluding hydrogens is 342 g/mol. The van der Waals surface area contributed by atoms with Gasteiger partial charge in [-0.3, -0.25) is 14.6 Å². The summed E-state index contributed by atoms with van der Waals surface area (Å²) in [7, 11) is 0. The SMILES string of the molecule is O=C(NCc1ccncc1)[C@@H]1[C@H]2C=C[C@@]3(CN(c4ccccc4)C(=O)[C@@H]13)O2. The number of hydrogen-bond acceptors (Lipinski definition) is 4. The van der Waals surface area contributed by atoms with Crippen molar-refractivity contribution in [3.63, 3.8) is 0 Å². The maximum absolute atomic E-state index is 13.2. The molecule has 2 aromatic rings. The fraction of sp³-hybridized carbons (Fsp3) is 0.286. The summed E-state index contributed by atoms with van der Waals surface area (Å²) in [6.45, 7) is 0.853. The largest absolute Gasteiger partial charge is 0.360 e. The maximum Gasteiger partial charge on any atom is 0.234 e. The number of rotatable bonds is 4. The molecule has 136 valence electrons. The Morgan fingerprint density at radius 2 is 2.00 bits per heavy atom. The zero-order valence-corrected chi connectivity index (χ0v) is 14.6. The van der Waals surface area contributed by atoms with Crippen molar-refractivity contribution in [2.24, 2.45) is 11.8 Å². The van der Waals surface area contributed by atoms with Gasteiger partial charge in [-0.1, -0.05) is 30.4 Å². The molecule has 1 aromatic carbocycles. The maximum atomic E-state index is 13.2. The molecule has 3 aliphatic heterocycles. The Hall–Kier alpha value is -2.99. The second-order valence-electron chi connectivity index (χ2n) is 7.23. The lowest BCUT2D eigenvalue weighted by atomic mass is 9.77. The van der Waals surface area contributed by atoms with Crippen LogP contribution in [0.25, 0.3) is 0 Å². The van der Waals surface area contributed by atoms with Gasteiger partial charge in [0.05, 0.1) is 24.5 Å². The van der Waals surface area contributed by atoms with Gasteiger partial charge in [0.2, 0.25) is 11.8 Å². The van der Waals surface area contributed by atoms with Crippen LogP contribution in [-0.4, -0.2) is 35.0 Å². The molecule has 6 nitrogen and oxygen atoms in total. The minimum absolute atomic E-state index is 0.0443. The average Bonchev–Trinajstić information content (AvgIpc) is 3.36. The highest BCUT2D eigenvalue weighted by Gasteiger charge is 2.66. The first-order valence-electron chi connectivity index (χ1n) is 9.08. The first-order valence-corrected chi connectivity index (χ1v) is 9.08. The molecule has 1 spiro atoms. The van der Waals surface area contributed by atoms with E-state index in [1.54, 1.807) is 17.3 Å². The molecule has 4 atom stereocenters. The number of carbonyl (C=O) groups excluding carboxylic acids is 2. The summed E-state index contributed by atoms with van der Waals surface area (Å²) in [5.74, 6) is -1.17. The first kappa shape index (κ1) is 16.2. The second kappa shape index (κ2) is 6.03. The number of nitrogens with one attached hydrogen (secondary N) is 1. The number of amides is 2. The van der Waals surface area contributed by atoms with Crippen LogP contribution in [0.3, 0.4) is 0 Å². The Morgan fingerprint density at radius 1 is 1.22 bits per heavy atom. The number of benzene rings is 1. The van der Waals surface area contributed by atoms with E-state index in [2.05, 4.69) is 10.3 Å². The van der Waals surface area contributed by atoms with Gasteiger partial charge in [0.1, 0.15) is 5.60 Å². The van der Waals surface area contributed by atoms with Gasteiger partial charge in [0, 0.05) is 24.6 Å². The summed E-state index contributed by atoms with van der Waals surface area (Å²) < 4.78 is 6.15. The van der Waals surface area contributed by atoms with Gasteiger partial charge in [-0.25, -0.2) is 0 Å². The van der Waals surface area contributed by atoms with Crippen LogP contribution >= 0.6 is 0 Å². The summed E-state index contributed by atoms with van der Waals surface area (Å²) in [5, 5.41) is 2.96. The minimum atomic E-state index is -0.698. The van der Waals surface area contributed by atoms with Crippen LogP contribution in [0.15, 0.2) is 67.0 Å². The monoisotopic (exact) mass is 361 g/mol. The van der Waals surface area contributed by atoms with E-state index in [9.17, 15) is 9.59 Å². The van der Waals surface area contributed by atoms with Crippen LogP contribution in [0, 0.1) is 11.8 Å². The predicted molar refractivity (Wildman–Crippen MR) is 98.6 cm³/mol. The summed E-state index contributed by atoms with van der Waals surface area (Å²) in [4.78, 5) is 31.8. The van der Waals surface area contributed by atoms with Gasteiger partial charge in [-0.2, -0.15) is 0 Å². The van der Waals surface area contributed by atoms with E-state index in [0.717, 1.165) is 11.3 Å². The summed E-state index contributed by atoms with van der Waals surface area (Å²) in [6, 6.07) is 13.3. The van der Waals surface area contributed by atoms with Gasteiger partial charge < -0.3 is 15.0 Å². The number of pyridine rings is 1. The number of para-hydroxylation sites is 1. The van der Waals surface area contributed by atoms with Crippen LogP contribution in [0.4, 0.5) is 5.69 Å². The molecule has 6 heteroatoms. The molecule has 0 saturated carbocycles. The molecule has 1 N–H and O–H groups in total. The summed E-state index contributed by atoms with van der Waals surface area (Å²) in [5.41, 5.74) is 1.11. The number of ether oxygens (including phenoxy) is 1. The average molecular weight is 361 g/mol. The Bertz CT molecular complexity index is 915. The van der Waals surface area contributed by atoms with E-state index in [0.29, 0.717) is 13.1 Å². The minimum Gasteiger partial charge on any atom is -0.360 e. The molecule has 0 aliphatic carbocycles. The molecular formula is C21H19N3O3. The fourth-order valence-electron chi connectivity index (χ4n) is 4.43. The summed E-state index contributed by atoms with van der Waals surface area (Å²) in [6.07, 6.45) is 6.94. The van der Waals surface area contributed by atoms with Gasteiger partial charge in [-0.05, 0) is 29.8 Å². The van der Waals surface area contributed by atoms with Crippen LogP contribution in [0.2, 0.25) is 0 Å². The normalized spacial score (nSPS) is 30.6. The van der Waals surface area contributed by atoms with Crippen LogP contribution in [-0.2, 0) is 20.9 Å². The van der Waals surface area contributed by atoms with Crippen molar-refractivity contribution in [2.45, 2.75) is 18.2 Å². The highest BCUT2D eigenvalue weighted by Crippen LogP contribution is 2.52. The van der Waals surface area contributed by atoms with Crippen molar-refractivity contribution in [1.29, 1.82) is 0 Å². The molecule has 2 bridgehead atoms. The Morgan fingerprint density at radius 3 is 2.78 bits per heavy atom. The lowest BCUT2D eigenvalue weighted by molar-refractivity contribution is -0.132. The highest BCUT2D eigenvalue weighted by molar-refractivity contribution is 6.03. The van der Waals surface area contributed by atoms with Crippen molar-refractivity contribution in [1.82, 2.24) is 10.3 Å². The third kappa shape index (κ3) is 2.48. The number of carbonyl (C=O) groups is 2. The Balaban J connectivity index is 1.38. The van der Waals surface area contributed by atoms with E-state index in [-0.39, 0.29) is 17.9 Å². The number of anilines is 1. The van der Waals surface area contributed by atoms with E-state index < -0.39 is 17.4 Å². The van der Waals surface area contributed by atoms with Crippen molar-refractivity contribution in [2.75, 3.05) is 11.4 Å². The van der Waals surface area contributed by atoms with Crippen molar-refractivity contribution >= 4 is 17.5 Å². The molecule has 0 unspecified atom stereocenters. The smallest absolute Gasteiger partial charge is 0.234 e. The standard InChI is InChI=1S/C21H19N3O3/c25-19(23-12-14-7-10-22-11-8-14)17-16-6-9-21(27-16)13-24(20(26)18(17)21)15-4-2-1-3-5-15/h1-11,16-18H,12-13H2,(H,23,25)/t16-,17-,18-,21+/m1/s1. The molecule has 0 radical (unpaired) electrons. The van der Waals surface area contributed by atoms with Crippen molar-refractivity contribution < 1.29 is 14.3 Å². The molecule has 2 fully saturated rings.